The molecule has 97 heavy (non-hydrogen) atoms. The molecule has 14 nitrogen and oxygen atoms in total. The average molecular weight is 1450 g/mol. The summed E-state index contributed by atoms with van der Waals surface area (Å²) in [6, 6.07) is 46.9. The Morgan fingerprint density at radius 3 is 1.27 bits per heavy atom. The molecule has 2 aliphatic carbocycles. The number of nitriles is 1. The van der Waals surface area contributed by atoms with Crippen LogP contribution in [0.1, 0.15) is 137 Å². The molecule has 4 aliphatic rings. The van der Waals surface area contributed by atoms with E-state index < -0.39 is 5.97 Å². The van der Waals surface area contributed by atoms with Crippen LogP contribution >= 0.6 is 34.9 Å². The minimum Gasteiger partial charge on any atom is -0.753 e. The molecule has 4 aromatic carbocycles. The maximum atomic E-state index is 10.8. The Balaban J connectivity index is 0.000000347. The normalized spacial score (nSPS) is 13.3. The molecule has 494 valence electrons. The van der Waals surface area contributed by atoms with Crippen LogP contribution in [0.2, 0.25) is 0 Å². The van der Waals surface area contributed by atoms with Crippen molar-refractivity contribution in [2.75, 3.05) is 26.4 Å². The maximum Gasteiger partial charge on any atom is 2.00 e. The van der Waals surface area contributed by atoms with Gasteiger partial charge in [-0.25, -0.2) is 10.1 Å². The first-order valence-electron chi connectivity index (χ1n) is 32.6. The molecule has 0 amide bonds. The number of aromatic nitrogens is 4. The largest absolute Gasteiger partial charge is 2.00 e. The minimum absolute atomic E-state index is 0. The summed E-state index contributed by atoms with van der Waals surface area (Å²) in [7, 11) is 0. The van der Waals surface area contributed by atoms with E-state index in [2.05, 4.69) is 176 Å². The number of unbranched alkanes of at least 4 members (excludes halogenated alkanes) is 4. The number of nitrogens with zero attached hydrogens (tertiary/aromatic N) is 6. The van der Waals surface area contributed by atoms with Gasteiger partial charge in [-0.3, -0.25) is 24.7 Å². The number of thiocyanates is 1. The number of carboxylic acid groups (broad SMARTS) is 1. The molecule has 0 bridgehead atoms. The number of benzene rings is 4. The van der Waals surface area contributed by atoms with Crippen LogP contribution in [0.4, 0.5) is 0 Å². The van der Waals surface area contributed by atoms with E-state index in [1.54, 1.807) is 22.7 Å². The molecule has 19 heteroatoms. The standard InChI is InChI=1S/C64H64N2O4S2.C12H8N2O4.CHNS.CNS.Ru/c1-5-9-27-63(28-10-6-2)49-19-15-13-17-45(49)47-23-21-41(37-51(47)63)59-55-57(69-35-33-67-55)61(71-59)43-25-31-65-53(39-43)54-40-44(26-32-66-54)62-58-56(68-34-36-70-58)60(72-62)42-22-24-48-46-18-14-16-20-50(46)64(29-11-7-3,30-12-8-4)52(48)38-42;15-7-18-9-2-4-14-11(6-9)10-5-8(12(16)17)1-3-13-10;2*2-1-3;/h13-26,31-32,37-40H,5-12,27-30,33-36H2,1-4H3;1-7H,(H,16,17);3H;;/q;;;-1;+2/p-1. The Labute approximate surface area is 598 Å². The Hall–Kier alpha value is -8.85. The van der Waals surface area contributed by atoms with Gasteiger partial charge in [-0.1, -0.05) is 169 Å². The molecule has 0 spiro atoms. The first-order valence-corrected chi connectivity index (χ1v) is 35.0. The van der Waals surface area contributed by atoms with Crippen molar-refractivity contribution in [2.24, 2.45) is 0 Å². The summed E-state index contributed by atoms with van der Waals surface area (Å²) >= 11 is 10.9. The van der Waals surface area contributed by atoms with Gasteiger partial charge in [0.25, 0.3) is 6.47 Å². The summed E-state index contributed by atoms with van der Waals surface area (Å²) in [4.78, 5) is 43.3. The summed E-state index contributed by atoms with van der Waals surface area (Å²) in [5.74, 6) is 2.57. The van der Waals surface area contributed by atoms with E-state index in [4.69, 9.17) is 44.7 Å². The predicted octanol–water partition coefficient (Wildman–Crippen LogP) is 19.8. The number of thiocarbonyl (C=S) groups is 1. The number of thiophene rings is 2. The van der Waals surface area contributed by atoms with Crippen molar-refractivity contribution in [1.29, 1.82) is 5.26 Å². The van der Waals surface area contributed by atoms with Crippen LogP contribution in [0.5, 0.6) is 28.7 Å². The van der Waals surface area contributed by atoms with Gasteiger partial charge in [0.15, 0.2) is 23.0 Å². The van der Waals surface area contributed by atoms with Crippen molar-refractivity contribution in [3.63, 3.8) is 0 Å². The molecule has 0 unspecified atom stereocenters. The van der Waals surface area contributed by atoms with E-state index in [-0.39, 0.29) is 35.9 Å². The number of hydrogen-bond acceptors (Lipinski definition) is 16. The third kappa shape index (κ3) is 14.6. The zero-order chi connectivity index (χ0) is 67.2. The Kier molecular flexibility index (Phi) is 24.1. The van der Waals surface area contributed by atoms with Gasteiger partial charge < -0.3 is 46.8 Å². The van der Waals surface area contributed by atoms with E-state index in [0.717, 1.165) is 90.7 Å². The van der Waals surface area contributed by atoms with Crippen molar-refractivity contribution in [1.82, 2.24) is 19.9 Å². The quantitative estimate of drug-likeness (QED) is 0.0178. The third-order valence-electron chi connectivity index (χ3n) is 18.2. The average Bonchev–Trinajstić information content (AvgIpc) is 1.57. The summed E-state index contributed by atoms with van der Waals surface area (Å²) in [5, 5.41) is 25.8. The zero-order valence-electron chi connectivity index (χ0n) is 54.4. The van der Waals surface area contributed by atoms with Crippen LogP contribution in [-0.2, 0) is 47.7 Å². The fourth-order valence-electron chi connectivity index (χ4n) is 13.9. The molecule has 6 aromatic heterocycles. The Morgan fingerprint density at radius 2 is 0.887 bits per heavy atom. The molecule has 1 N–H and O–H groups in total. The smallest absolute Gasteiger partial charge is 0.753 e. The van der Waals surface area contributed by atoms with Crippen LogP contribution < -0.4 is 23.7 Å². The Morgan fingerprint density at radius 1 is 0.546 bits per heavy atom. The number of ether oxygens (including phenoxy) is 5. The van der Waals surface area contributed by atoms with Gasteiger partial charge in [0.1, 0.15) is 32.2 Å². The zero-order valence-corrected chi connectivity index (χ0v) is 59.4. The number of carboxylic acids is 1. The summed E-state index contributed by atoms with van der Waals surface area (Å²) in [6.45, 7) is 11.6. The van der Waals surface area contributed by atoms with Gasteiger partial charge in [0.2, 0.25) is 0 Å². The Bertz CT molecular complexity index is 4300. The molecule has 0 atom stereocenters. The molecule has 0 radical (unpaired) electrons. The van der Waals surface area contributed by atoms with E-state index in [0.29, 0.717) is 50.0 Å². The molecular formula is C78H72N6O8RuS4. The molecule has 0 fully saturated rings. The van der Waals surface area contributed by atoms with Crippen molar-refractivity contribution in [3.8, 4) is 121 Å². The summed E-state index contributed by atoms with van der Waals surface area (Å²) in [6.07, 6.45) is 20.7. The second-order valence-corrected chi connectivity index (χ2v) is 26.2. The van der Waals surface area contributed by atoms with Gasteiger partial charge in [-0.2, -0.15) is 5.16 Å². The fourth-order valence-corrected chi connectivity index (χ4v) is 16.3. The van der Waals surface area contributed by atoms with Gasteiger partial charge >= 0.3 is 25.4 Å². The SMILES string of the molecule is CCCCC1(CCCC)c2ccccc2-c2ccc(-c3sc(-c4ccnc(-c5cc(-c6sc(-c7ccc8c(c7)C(CCCC)(CCCC)c7ccccc7-8)c7c6OCCO7)ccn5)c4)c4c3OCCO4)cc21.N#C[S-].O=COc1ccnc(-c2cc(C(=O)O)ccn2)c1.[N-]=C=S.[Ru+2]. The van der Waals surface area contributed by atoms with Crippen LogP contribution in [0.25, 0.3) is 92.2 Å². The van der Waals surface area contributed by atoms with Crippen molar-refractivity contribution < 1.29 is 57.9 Å². The number of fused-ring (bicyclic) bond motifs is 8. The number of pyridine rings is 4. The van der Waals surface area contributed by atoms with E-state index in [1.807, 2.05) is 12.4 Å². The van der Waals surface area contributed by atoms with Gasteiger partial charge in [0, 0.05) is 41.7 Å². The van der Waals surface area contributed by atoms with E-state index in [9.17, 15) is 9.59 Å². The van der Waals surface area contributed by atoms with E-state index in [1.165, 1.54) is 154 Å². The molecule has 10 aromatic rings. The van der Waals surface area contributed by atoms with Gasteiger partial charge in [0.05, 0.1) is 47.8 Å². The van der Waals surface area contributed by atoms with Crippen LogP contribution in [0.3, 0.4) is 0 Å². The van der Waals surface area contributed by atoms with Gasteiger partial charge in [-0.15, -0.1) is 22.7 Å². The first kappa shape index (κ1) is 70.9. The molecule has 2 aliphatic heterocycles. The molecular weight excluding hydrogens is 1380 g/mol. The van der Waals surface area contributed by atoms with Gasteiger partial charge in [-0.05, 0) is 147 Å². The second-order valence-electron chi connectivity index (χ2n) is 23.8. The maximum absolute atomic E-state index is 10.8. The molecule has 8 heterocycles. The molecule has 0 saturated carbocycles. The number of carbonyl (C=O) groups is 2. The predicted molar refractivity (Wildman–Crippen MR) is 388 cm³/mol. The van der Waals surface area contributed by atoms with Crippen molar-refractivity contribution in [2.45, 2.75) is 116 Å². The second kappa shape index (κ2) is 32.9. The number of carbonyl (C=O) groups excluding carboxylic acids is 1. The molecule has 14 rings (SSSR count). The van der Waals surface area contributed by atoms with E-state index >= 15 is 0 Å². The van der Waals surface area contributed by atoms with Crippen LogP contribution in [0, 0.1) is 10.7 Å². The first-order chi connectivity index (χ1) is 47.0. The monoisotopic (exact) mass is 1450 g/mol. The molecule has 0 saturated heterocycles. The number of rotatable bonds is 21. The van der Waals surface area contributed by atoms with Crippen molar-refractivity contribution in [3.05, 3.63) is 191 Å². The topological polar surface area (TPSA) is 198 Å². The number of aromatic carboxylic acids is 1. The van der Waals surface area contributed by atoms with Crippen molar-refractivity contribution >= 4 is 65.1 Å². The third-order valence-corrected chi connectivity index (χ3v) is 20.7. The summed E-state index contributed by atoms with van der Waals surface area (Å²) < 4.78 is 30.8. The number of hydrogen-bond donors (Lipinski definition) is 1. The van der Waals surface area contributed by atoms with Crippen LogP contribution in [-0.4, -0.2) is 69.1 Å². The minimum atomic E-state index is -1.04. The number of isothiocyanates is 1. The fraction of sp³-hybridized carbons (Fsp3) is 0.282. The summed E-state index contributed by atoms with van der Waals surface area (Å²) in [5.41, 5.74) is 18.4. The van der Waals surface area contributed by atoms with Crippen LogP contribution in [0.15, 0.2) is 158 Å².